The van der Waals surface area contributed by atoms with Crippen molar-refractivity contribution in [3.8, 4) is 6.07 Å². The Morgan fingerprint density at radius 2 is 1.64 bits per heavy atom. The molecule has 1 aromatic carbocycles. The zero-order valence-electron chi connectivity index (χ0n) is 20.9. The lowest BCUT2D eigenvalue weighted by molar-refractivity contribution is -0.00824. The maximum absolute atomic E-state index is 8.49. The molecule has 2 fully saturated rings. The van der Waals surface area contributed by atoms with Crippen molar-refractivity contribution in [1.29, 1.82) is 5.26 Å². The summed E-state index contributed by atoms with van der Waals surface area (Å²) < 4.78 is 6.39. The number of nitriles is 1. The van der Waals surface area contributed by atoms with Crippen molar-refractivity contribution in [3.63, 3.8) is 0 Å². The molecule has 0 N–H and O–H groups in total. The largest absolute Gasteiger partial charge is 0.378 e. The van der Waals surface area contributed by atoms with Gasteiger partial charge in [0.1, 0.15) is 0 Å². The van der Waals surface area contributed by atoms with Gasteiger partial charge in [0.15, 0.2) is 0 Å². The van der Waals surface area contributed by atoms with Crippen LogP contribution < -0.4 is 0 Å². The predicted octanol–water partition coefficient (Wildman–Crippen LogP) is 8.68. The zero-order chi connectivity index (χ0) is 23.1. The Labute approximate surface area is 203 Å². The lowest BCUT2D eigenvalue weighted by atomic mass is 9.78. The van der Waals surface area contributed by atoms with Gasteiger partial charge in [0, 0.05) is 12.7 Å². The molecule has 0 aliphatic heterocycles. The molecule has 0 spiro atoms. The summed E-state index contributed by atoms with van der Waals surface area (Å²) in [4.78, 5) is 0. The van der Waals surface area contributed by atoms with Gasteiger partial charge in [0.25, 0.3) is 0 Å². The second-order valence-electron chi connectivity index (χ2n) is 10.4. The van der Waals surface area contributed by atoms with E-state index in [-0.39, 0.29) is 0 Å². The van der Waals surface area contributed by atoms with Gasteiger partial charge >= 0.3 is 0 Å². The smallest absolute Gasteiger partial charge is 0.0912 e. The highest BCUT2D eigenvalue weighted by atomic mass is 16.5. The van der Waals surface area contributed by atoms with Crippen molar-refractivity contribution in [1.82, 2.24) is 0 Å². The highest BCUT2D eigenvalue weighted by Crippen LogP contribution is 2.37. The van der Waals surface area contributed by atoms with Crippen LogP contribution in [0.4, 0.5) is 0 Å². The first-order valence-electron chi connectivity index (χ1n) is 13.7. The van der Waals surface area contributed by atoms with Gasteiger partial charge in [-0.2, -0.15) is 5.26 Å². The van der Waals surface area contributed by atoms with Crippen LogP contribution in [0.2, 0.25) is 0 Å². The quantitative estimate of drug-likeness (QED) is 0.182. The van der Waals surface area contributed by atoms with Gasteiger partial charge in [-0.3, -0.25) is 0 Å². The number of rotatable bonds is 12. The molecular formula is C31H45NO. The number of hydrogen-bond donors (Lipinski definition) is 0. The summed E-state index contributed by atoms with van der Waals surface area (Å²) in [6.45, 7) is 3.25. The highest BCUT2D eigenvalue weighted by molar-refractivity contribution is 5.26. The molecule has 3 rings (SSSR count). The normalized spacial score (nSPS) is 26.1. The van der Waals surface area contributed by atoms with Crippen molar-refractivity contribution in [2.75, 3.05) is 6.61 Å². The third-order valence-electron chi connectivity index (χ3n) is 7.89. The lowest BCUT2D eigenvalue weighted by Gasteiger charge is -2.32. The summed E-state index contributed by atoms with van der Waals surface area (Å²) in [7, 11) is 0. The van der Waals surface area contributed by atoms with Gasteiger partial charge in [-0.15, -0.1) is 0 Å². The van der Waals surface area contributed by atoms with E-state index < -0.39 is 0 Å². The van der Waals surface area contributed by atoms with E-state index in [9.17, 15) is 0 Å². The van der Waals surface area contributed by atoms with Gasteiger partial charge in [-0.05, 0) is 106 Å². The molecule has 0 saturated heterocycles. The van der Waals surface area contributed by atoms with Crippen molar-refractivity contribution in [3.05, 3.63) is 59.7 Å². The maximum atomic E-state index is 8.49. The van der Waals surface area contributed by atoms with Crippen LogP contribution in [0, 0.1) is 23.2 Å². The minimum Gasteiger partial charge on any atom is -0.378 e. The Balaban J connectivity index is 1.27. The van der Waals surface area contributed by atoms with Crippen molar-refractivity contribution in [2.24, 2.45) is 11.8 Å². The van der Waals surface area contributed by atoms with Crippen LogP contribution in [0.15, 0.2) is 48.6 Å². The second-order valence-corrected chi connectivity index (χ2v) is 10.4. The van der Waals surface area contributed by atoms with Gasteiger partial charge in [-0.25, -0.2) is 0 Å². The molecule has 2 heteroatoms. The second kappa shape index (κ2) is 15.1. The fourth-order valence-electron chi connectivity index (χ4n) is 5.66. The zero-order valence-corrected chi connectivity index (χ0v) is 20.9. The Morgan fingerprint density at radius 1 is 0.909 bits per heavy atom. The third-order valence-corrected chi connectivity index (χ3v) is 7.89. The number of nitrogens with zero attached hydrogens (tertiary/aromatic N) is 1. The van der Waals surface area contributed by atoms with Crippen LogP contribution in [0.25, 0.3) is 0 Å². The fraction of sp³-hybridized carbons (Fsp3) is 0.645. The Hall–Kier alpha value is -1.85. The molecule has 0 amide bonds. The Kier molecular flexibility index (Phi) is 11.8. The van der Waals surface area contributed by atoms with Gasteiger partial charge in [0.05, 0.1) is 12.2 Å². The molecule has 180 valence electrons. The monoisotopic (exact) mass is 447 g/mol. The molecule has 2 saturated carbocycles. The summed E-state index contributed by atoms with van der Waals surface area (Å²) in [5, 5.41) is 8.49. The maximum Gasteiger partial charge on any atom is 0.0912 e. The number of allylic oxidation sites excluding steroid dienone is 4. The Bertz CT molecular complexity index is 740. The molecule has 1 aromatic rings. The SMILES string of the molecule is CCCCCc1ccc([C@H]2CC[C@H](CO[C@H]3CC[C@H](CCC=CC=CC#N)CC3)CC2)cc1. The predicted molar refractivity (Wildman–Crippen MR) is 139 cm³/mol. The van der Waals surface area contributed by atoms with Crippen molar-refractivity contribution >= 4 is 0 Å². The van der Waals surface area contributed by atoms with Gasteiger partial charge < -0.3 is 4.74 Å². The van der Waals surface area contributed by atoms with Crippen LogP contribution in [0.3, 0.4) is 0 Å². The molecule has 2 aliphatic carbocycles. The highest BCUT2D eigenvalue weighted by Gasteiger charge is 2.25. The number of hydrogen-bond acceptors (Lipinski definition) is 2. The van der Waals surface area contributed by atoms with Crippen molar-refractivity contribution < 1.29 is 4.74 Å². The average Bonchev–Trinajstić information content (AvgIpc) is 2.86. The lowest BCUT2D eigenvalue weighted by Crippen LogP contribution is -2.25. The topological polar surface area (TPSA) is 33.0 Å². The van der Waals surface area contributed by atoms with Gasteiger partial charge in [-0.1, -0.05) is 62.3 Å². The first-order valence-corrected chi connectivity index (χ1v) is 13.7. The molecule has 0 radical (unpaired) electrons. The number of ether oxygens (including phenoxy) is 1. The van der Waals surface area contributed by atoms with Crippen LogP contribution in [0.1, 0.15) is 107 Å². The van der Waals surface area contributed by atoms with Crippen LogP contribution in [-0.4, -0.2) is 12.7 Å². The molecule has 0 unspecified atom stereocenters. The summed E-state index contributed by atoms with van der Waals surface area (Å²) >= 11 is 0. The first kappa shape index (κ1) is 25.8. The van der Waals surface area contributed by atoms with E-state index in [0.717, 1.165) is 30.8 Å². The third kappa shape index (κ3) is 9.50. The van der Waals surface area contributed by atoms with Gasteiger partial charge in [0.2, 0.25) is 0 Å². The van der Waals surface area contributed by atoms with E-state index in [0.29, 0.717) is 6.10 Å². The molecule has 0 bridgehead atoms. The molecule has 2 nitrogen and oxygen atoms in total. The summed E-state index contributed by atoms with van der Waals surface area (Å²) in [5.74, 6) is 2.37. The Morgan fingerprint density at radius 3 is 2.33 bits per heavy atom. The van der Waals surface area contributed by atoms with Crippen LogP contribution in [0.5, 0.6) is 0 Å². The first-order chi connectivity index (χ1) is 16.3. The van der Waals surface area contributed by atoms with E-state index in [1.54, 1.807) is 5.56 Å². The van der Waals surface area contributed by atoms with Crippen molar-refractivity contribution in [2.45, 2.75) is 109 Å². The fourth-order valence-corrected chi connectivity index (χ4v) is 5.66. The molecule has 0 aromatic heterocycles. The number of aryl methyl sites for hydroxylation is 1. The van der Waals surface area contributed by atoms with E-state index >= 15 is 0 Å². The van der Waals surface area contributed by atoms with E-state index in [1.807, 2.05) is 18.2 Å². The molecule has 2 aliphatic rings. The minimum absolute atomic E-state index is 0.494. The summed E-state index contributed by atoms with van der Waals surface area (Å²) in [6.07, 6.45) is 26.0. The van der Waals surface area contributed by atoms with E-state index in [4.69, 9.17) is 10.00 Å². The van der Waals surface area contributed by atoms with E-state index in [2.05, 4.69) is 37.3 Å². The number of unbranched alkanes of at least 4 members (excludes halogenated alkanes) is 2. The average molecular weight is 448 g/mol. The minimum atomic E-state index is 0.494. The standard InChI is InChI=1S/C31H45NO/c1-2-3-7-10-26-12-18-29(19-13-26)30-20-14-28(15-21-30)25-33-31-22-16-27(17-23-31)11-8-5-4-6-9-24-32/h4-6,9,12-13,18-19,27-28,30-31H,2-3,7-8,10-11,14-17,20-23,25H2,1H3/t27-,28-,30-,31-. The summed E-state index contributed by atoms with van der Waals surface area (Å²) in [6, 6.07) is 11.6. The van der Waals surface area contributed by atoms with E-state index in [1.165, 1.54) is 95.1 Å². The molecule has 33 heavy (non-hydrogen) atoms. The molecular weight excluding hydrogens is 402 g/mol. The van der Waals surface area contributed by atoms with Crippen LogP contribution >= 0.6 is 0 Å². The van der Waals surface area contributed by atoms with Crippen LogP contribution in [-0.2, 0) is 11.2 Å². The summed E-state index contributed by atoms with van der Waals surface area (Å²) in [5.41, 5.74) is 3.07. The molecule has 0 heterocycles. The number of benzene rings is 1. The molecule has 0 atom stereocenters.